The summed E-state index contributed by atoms with van der Waals surface area (Å²) in [5.41, 5.74) is 0. The first-order valence-corrected chi connectivity index (χ1v) is 2.34. The van der Waals surface area contributed by atoms with E-state index >= 15 is 0 Å². The van der Waals surface area contributed by atoms with Gasteiger partial charge in [0, 0.05) is 29.6 Å². The van der Waals surface area contributed by atoms with Crippen molar-refractivity contribution in [3.63, 3.8) is 0 Å². The SMILES string of the molecule is S=c1cccco1.[Na]. The minimum atomic E-state index is 0. The first-order valence-electron chi connectivity index (χ1n) is 1.93. The fourth-order valence-electron chi connectivity index (χ4n) is 0.325. The third-order valence-electron chi connectivity index (χ3n) is 0.606. The molecule has 1 nitrogen and oxygen atoms in total. The van der Waals surface area contributed by atoms with Gasteiger partial charge in [0.1, 0.15) is 0 Å². The van der Waals surface area contributed by atoms with Crippen molar-refractivity contribution in [3.05, 3.63) is 29.2 Å². The van der Waals surface area contributed by atoms with Crippen molar-refractivity contribution in [1.29, 1.82) is 0 Å². The van der Waals surface area contributed by atoms with Crippen molar-refractivity contribution in [3.8, 4) is 0 Å². The third kappa shape index (κ3) is 2.62. The topological polar surface area (TPSA) is 13.1 Å². The van der Waals surface area contributed by atoms with Crippen molar-refractivity contribution in [2.24, 2.45) is 0 Å². The van der Waals surface area contributed by atoms with E-state index < -0.39 is 0 Å². The standard InChI is InChI=1S/C5H4OS.Na/c7-5-3-1-2-4-6-5;/h1-4H;. The van der Waals surface area contributed by atoms with Crippen LogP contribution in [0.5, 0.6) is 0 Å². The quantitative estimate of drug-likeness (QED) is 0.396. The third-order valence-corrected chi connectivity index (χ3v) is 0.838. The summed E-state index contributed by atoms with van der Waals surface area (Å²) in [7, 11) is 0. The Morgan fingerprint density at radius 2 is 2.12 bits per heavy atom. The Balaban J connectivity index is 0.000000490. The Morgan fingerprint density at radius 3 is 2.38 bits per heavy atom. The van der Waals surface area contributed by atoms with Gasteiger partial charge in [0.2, 0.25) is 0 Å². The second kappa shape index (κ2) is 4.27. The molecule has 0 aliphatic rings. The first-order chi connectivity index (χ1) is 3.39. The maximum absolute atomic E-state index is 4.74. The fraction of sp³-hybridized carbons (Fsp3) is 0. The molecule has 0 aliphatic heterocycles. The second-order valence-electron chi connectivity index (χ2n) is 1.12. The van der Waals surface area contributed by atoms with E-state index in [0.29, 0.717) is 4.71 Å². The van der Waals surface area contributed by atoms with Crippen LogP contribution in [0.3, 0.4) is 0 Å². The molecule has 1 aromatic rings. The Labute approximate surface area is 75.0 Å². The molecule has 0 aliphatic carbocycles. The predicted molar refractivity (Wildman–Crippen MR) is 35.3 cm³/mol. The van der Waals surface area contributed by atoms with Gasteiger partial charge in [0.15, 0.2) is 4.71 Å². The van der Waals surface area contributed by atoms with E-state index in [2.05, 4.69) is 12.2 Å². The Morgan fingerprint density at radius 1 is 1.38 bits per heavy atom. The van der Waals surface area contributed by atoms with Crippen LogP contribution in [-0.4, -0.2) is 29.6 Å². The normalized spacial score (nSPS) is 7.50. The van der Waals surface area contributed by atoms with Gasteiger partial charge in [-0.05, 0) is 24.4 Å². The van der Waals surface area contributed by atoms with Gasteiger partial charge in [-0.25, -0.2) is 0 Å². The number of hydrogen-bond donors (Lipinski definition) is 0. The average Bonchev–Trinajstić information content (AvgIpc) is 1.69. The zero-order valence-electron chi connectivity index (χ0n) is 4.63. The minimum absolute atomic E-state index is 0. The largest absolute Gasteiger partial charge is 0.454 e. The molecule has 1 aromatic heterocycles. The summed E-state index contributed by atoms with van der Waals surface area (Å²) < 4.78 is 5.27. The smallest absolute Gasteiger partial charge is 0.189 e. The van der Waals surface area contributed by atoms with Crippen LogP contribution >= 0.6 is 12.2 Å². The average molecular weight is 135 g/mol. The predicted octanol–water partition coefficient (Wildman–Crippen LogP) is 1.63. The van der Waals surface area contributed by atoms with E-state index in [9.17, 15) is 0 Å². The summed E-state index contributed by atoms with van der Waals surface area (Å²) in [6.45, 7) is 0. The molecular weight excluding hydrogens is 131 g/mol. The van der Waals surface area contributed by atoms with Gasteiger partial charge in [0.05, 0.1) is 6.26 Å². The second-order valence-corrected chi connectivity index (χ2v) is 1.53. The van der Waals surface area contributed by atoms with E-state index in [1.165, 1.54) is 0 Å². The molecular formula is C5H4NaOS. The van der Waals surface area contributed by atoms with E-state index in [1.807, 2.05) is 6.07 Å². The van der Waals surface area contributed by atoms with Crippen LogP contribution in [0.4, 0.5) is 0 Å². The molecule has 0 N–H and O–H groups in total. The zero-order chi connectivity index (χ0) is 5.11. The Hall–Kier alpha value is 0.370. The molecule has 37 valence electrons. The molecule has 0 saturated heterocycles. The molecule has 0 spiro atoms. The summed E-state index contributed by atoms with van der Waals surface area (Å²) >= 11 is 4.65. The Kier molecular flexibility index (Phi) is 4.47. The Bertz CT molecular complexity index is 178. The van der Waals surface area contributed by atoms with Crippen LogP contribution < -0.4 is 0 Å². The molecule has 0 fully saturated rings. The summed E-state index contributed by atoms with van der Waals surface area (Å²) in [6, 6.07) is 5.36. The van der Waals surface area contributed by atoms with Crippen molar-refractivity contribution < 1.29 is 4.42 Å². The monoisotopic (exact) mass is 135 g/mol. The first kappa shape index (κ1) is 8.37. The van der Waals surface area contributed by atoms with Crippen molar-refractivity contribution >= 4 is 41.8 Å². The van der Waals surface area contributed by atoms with E-state index in [-0.39, 0.29) is 29.6 Å². The molecule has 1 heterocycles. The summed E-state index contributed by atoms with van der Waals surface area (Å²) in [6.07, 6.45) is 1.56. The summed E-state index contributed by atoms with van der Waals surface area (Å²) in [5, 5.41) is 0. The molecule has 0 bridgehead atoms. The van der Waals surface area contributed by atoms with Crippen LogP contribution in [-0.2, 0) is 0 Å². The van der Waals surface area contributed by atoms with E-state index in [0.717, 1.165) is 0 Å². The van der Waals surface area contributed by atoms with Crippen LogP contribution in [0.2, 0.25) is 0 Å². The van der Waals surface area contributed by atoms with Crippen LogP contribution in [0.1, 0.15) is 0 Å². The van der Waals surface area contributed by atoms with Gasteiger partial charge in [-0.2, -0.15) is 0 Å². The molecule has 1 radical (unpaired) electrons. The number of rotatable bonds is 0. The van der Waals surface area contributed by atoms with Gasteiger partial charge in [-0.1, -0.05) is 6.07 Å². The zero-order valence-corrected chi connectivity index (χ0v) is 7.44. The molecule has 0 amide bonds. The van der Waals surface area contributed by atoms with Crippen molar-refractivity contribution in [2.45, 2.75) is 0 Å². The van der Waals surface area contributed by atoms with Crippen LogP contribution in [0, 0.1) is 4.71 Å². The molecule has 3 heteroatoms. The summed E-state index contributed by atoms with van der Waals surface area (Å²) in [5.74, 6) is 0. The van der Waals surface area contributed by atoms with Gasteiger partial charge >= 0.3 is 0 Å². The fourth-order valence-corrected chi connectivity index (χ4v) is 0.459. The molecule has 8 heavy (non-hydrogen) atoms. The molecule has 0 saturated carbocycles. The van der Waals surface area contributed by atoms with Crippen molar-refractivity contribution in [1.82, 2.24) is 0 Å². The van der Waals surface area contributed by atoms with Gasteiger partial charge in [-0.3, -0.25) is 0 Å². The van der Waals surface area contributed by atoms with E-state index in [4.69, 9.17) is 4.42 Å². The maximum Gasteiger partial charge on any atom is 0.189 e. The number of hydrogen-bond acceptors (Lipinski definition) is 2. The molecule has 0 unspecified atom stereocenters. The van der Waals surface area contributed by atoms with Crippen molar-refractivity contribution in [2.75, 3.05) is 0 Å². The molecule has 0 aromatic carbocycles. The molecule has 0 atom stereocenters. The molecule has 1 rings (SSSR count). The maximum atomic E-state index is 4.74. The van der Waals surface area contributed by atoms with Gasteiger partial charge in [0.25, 0.3) is 0 Å². The van der Waals surface area contributed by atoms with Crippen LogP contribution in [0.15, 0.2) is 28.9 Å². The minimum Gasteiger partial charge on any atom is -0.454 e. The van der Waals surface area contributed by atoms with Crippen LogP contribution in [0.25, 0.3) is 0 Å². The summed E-state index contributed by atoms with van der Waals surface area (Å²) in [4.78, 5) is 0. The van der Waals surface area contributed by atoms with Gasteiger partial charge in [-0.15, -0.1) is 0 Å². The van der Waals surface area contributed by atoms with Gasteiger partial charge < -0.3 is 4.42 Å². The van der Waals surface area contributed by atoms with E-state index in [1.54, 1.807) is 18.4 Å².